The van der Waals surface area contributed by atoms with E-state index in [2.05, 4.69) is 9.97 Å². The summed E-state index contributed by atoms with van der Waals surface area (Å²) in [5.74, 6) is 0. The van der Waals surface area contributed by atoms with Crippen molar-refractivity contribution in [3.05, 3.63) is 57.1 Å². The summed E-state index contributed by atoms with van der Waals surface area (Å²) in [6.45, 7) is 0. The van der Waals surface area contributed by atoms with Crippen LogP contribution in [0.4, 0.5) is 0 Å². The van der Waals surface area contributed by atoms with Crippen LogP contribution in [-0.4, -0.2) is 9.97 Å². The van der Waals surface area contributed by atoms with Gasteiger partial charge in [0.2, 0.25) is 0 Å². The highest BCUT2D eigenvalue weighted by Crippen LogP contribution is 2.13. The molecule has 0 saturated carbocycles. The number of hydrogen-bond donors (Lipinski definition) is 2. The van der Waals surface area contributed by atoms with Gasteiger partial charge in [-0.05, 0) is 12.1 Å². The minimum absolute atomic E-state index is 0.0552. The number of aromatic amines is 2. The molecule has 2 N–H and O–H groups in total. The fourth-order valence-electron chi connectivity index (χ4n) is 1.84. The van der Waals surface area contributed by atoms with Crippen LogP contribution in [0.1, 0.15) is 0 Å². The normalized spacial score (nSPS) is 11.0. The lowest BCUT2D eigenvalue weighted by Crippen LogP contribution is -2.04. The number of pyridine rings is 2. The Morgan fingerprint density at radius 1 is 0.750 bits per heavy atom. The molecule has 2 aromatic heterocycles. The van der Waals surface area contributed by atoms with Crippen LogP contribution in [0, 0.1) is 0 Å². The van der Waals surface area contributed by atoms with Crippen molar-refractivity contribution >= 4 is 21.8 Å². The van der Waals surface area contributed by atoms with Crippen molar-refractivity contribution in [2.24, 2.45) is 0 Å². The van der Waals surface area contributed by atoms with E-state index in [1.165, 1.54) is 12.1 Å². The van der Waals surface area contributed by atoms with Gasteiger partial charge in [-0.3, -0.25) is 9.59 Å². The van der Waals surface area contributed by atoms with E-state index in [1.54, 1.807) is 24.5 Å². The average Bonchev–Trinajstić information content (AvgIpc) is 2.29. The zero-order valence-electron chi connectivity index (χ0n) is 8.28. The van der Waals surface area contributed by atoms with Gasteiger partial charge >= 0.3 is 0 Å². The van der Waals surface area contributed by atoms with Gasteiger partial charge in [-0.2, -0.15) is 0 Å². The highest BCUT2D eigenvalue weighted by atomic mass is 16.1. The standard InChI is InChI=1S/C12H8N2O2/c15-11-1-3-13-9-6-8-10(5-7(9)11)14-4-2-12(8)16/h1-6H,(H,13,15)(H,14,16). The Bertz CT molecular complexity index is 730. The molecule has 0 fully saturated rings. The van der Waals surface area contributed by atoms with E-state index >= 15 is 0 Å². The number of hydrogen-bond acceptors (Lipinski definition) is 2. The summed E-state index contributed by atoms with van der Waals surface area (Å²) in [6.07, 6.45) is 3.15. The first-order valence-electron chi connectivity index (χ1n) is 4.88. The van der Waals surface area contributed by atoms with Crippen molar-refractivity contribution in [3.8, 4) is 0 Å². The number of fused-ring (bicyclic) bond motifs is 2. The molecule has 2 heterocycles. The van der Waals surface area contributed by atoms with Gasteiger partial charge in [0.1, 0.15) is 0 Å². The third kappa shape index (κ3) is 1.16. The minimum atomic E-state index is -0.0552. The molecule has 1 aromatic carbocycles. The summed E-state index contributed by atoms with van der Waals surface area (Å²) in [5, 5.41) is 1.16. The van der Waals surface area contributed by atoms with Crippen molar-refractivity contribution in [2.75, 3.05) is 0 Å². The number of nitrogens with one attached hydrogen (secondary N) is 2. The number of aromatic nitrogens is 2. The van der Waals surface area contributed by atoms with Crippen LogP contribution in [0.25, 0.3) is 21.8 Å². The second-order valence-corrected chi connectivity index (χ2v) is 3.63. The molecule has 4 nitrogen and oxygen atoms in total. The van der Waals surface area contributed by atoms with Crippen LogP contribution in [0.2, 0.25) is 0 Å². The van der Waals surface area contributed by atoms with Crippen molar-refractivity contribution in [1.82, 2.24) is 9.97 Å². The Labute approximate surface area is 89.6 Å². The third-order valence-electron chi connectivity index (χ3n) is 2.64. The van der Waals surface area contributed by atoms with Gasteiger partial charge in [0.15, 0.2) is 10.9 Å². The van der Waals surface area contributed by atoms with E-state index in [0.717, 1.165) is 0 Å². The predicted molar refractivity (Wildman–Crippen MR) is 62.7 cm³/mol. The molecule has 0 spiro atoms. The fourth-order valence-corrected chi connectivity index (χ4v) is 1.84. The van der Waals surface area contributed by atoms with Crippen molar-refractivity contribution in [1.29, 1.82) is 0 Å². The Morgan fingerprint density at radius 3 is 1.62 bits per heavy atom. The van der Waals surface area contributed by atoms with Gasteiger partial charge in [0.25, 0.3) is 0 Å². The van der Waals surface area contributed by atoms with Crippen LogP contribution in [0.3, 0.4) is 0 Å². The van der Waals surface area contributed by atoms with Gasteiger partial charge in [-0.25, -0.2) is 0 Å². The monoisotopic (exact) mass is 212 g/mol. The van der Waals surface area contributed by atoms with Crippen LogP contribution >= 0.6 is 0 Å². The predicted octanol–water partition coefficient (Wildman–Crippen LogP) is 1.37. The summed E-state index contributed by atoms with van der Waals surface area (Å²) in [5.41, 5.74) is 1.24. The molecule has 0 saturated heterocycles. The molecule has 3 aromatic rings. The lowest BCUT2D eigenvalue weighted by molar-refractivity contribution is 1.37. The number of rotatable bonds is 0. The summed E-state index contributed by atoms with van der Waals surface area (Å²) in [7, 11) is 0. The first-order chi connectivity index (χ1) is 7.75. The average molecular weight is 212 g/mol. The maximum atomic E-state index is 11.6. The van der Waals surface area contributed by atoms with Gasteiger partial charge in [0.05, 0.1) is 11.0 Å². The van der Waals surface area contributed by atoms with Crippen LogP contribution in [-0.2, 0) is 0 Å². The smallest absolute Gasteiger partial charge is 0.189 e. The second-order valence-electron chi connectivity index (χ2n) is 3.63. The van der Waals surface area contributed by atoms with Gasteiger partial charge < -0.3 is 9.97 Å². The first-order valence-corrected chi connectivity index (χ1v) is 4.88. The summed E-state index contributed by atoms with van der Waals surface area (Å²) < 4.78 is 0. The maximum absolute atomic E-state index is 11.6. The molecule has 0 radical (unpaired) electrons. The molecule has 0 aliphatic carbocycles. The molecule has 16 heavy (non-hydrogen) atoms. The van der Waals surface area contributed by atoms with Crippen molar-refractivity contribution < 1.29 is 0 Å². The maximum Gasteiger partial charge on any atom is 0.189 e. The van der Waals surface area contributed by atoms with E-state index in [0.29, 0.717) is 21.8 Å². The lowest BCUT2D eigenvalue weighted by atomic mass is 10.1. The third-order valence-corrected chi connectivity index (χ3v) is 2.64. The van der Waals surface area contributed by atoms with Crippen LogP contribution in [0.15, 0.2) is 46.2 Å². The molecule has 3 rings (SSSR count). The van der Waals surface area contributed by atoms with Gasteiger partial charge in [-0.15, -0.1) is 0 Å². The summed E-state index contributed by atoms with van der Waals surface area (Å²) in [4.78, 5) is 29.1. The molecular formula is C12H8N2O2. The zero-order valence-corrected chi connectivity index (χ0v) is 8.28. The molecule has 4 heteroatoms. The Hall–Kier alpha value is -2.36. The van der Waals surface area contributed by atoms with Crippen LogP contribution < -0.4 is 10.9 Å². The molecular weight excluding hydrogens is 204 g/mol. The van der Waals surface area contributed by atoms with E-state index in [1.807, 2.05) is 0 Å². The Morgan fingerprint density at radius 2 is 1.19 bits per heavy atom. The lowest BCUT2D eigenvalue weighted by Gasteiger charge is -2.00. The fraction of sp³-hybridized carbons (Fsp3) is 0. The topological polar surface area (TPSA) is 65.7 Å². The van der Waals surface area contributed by atoms with Gasteiger partial charge in [0, 0.05) is 35.3 Å². The highest BCUT2D eigenvalue weighted by molar-refractivity contribution is 5.94. The molecule has 0 unspecified atom stereocenters. The quantitative estimate of drug-likeness (QED) is 0.553. The van der Waals surface area contributed by atoms with Crippen molar-refractivity contribution in [3.63, 3.8) is 0 Å². The second kappa shape index (κ2) is 3.06. The summed E-state index contributed by atoms with van der Waals surface area (Å²) in [6, 6.07) is 6.33. The molecule has 0 bridgehead atoms. The summed E-state index contributed by atoms with van der Waals surface area (Å²) >= 11 is 0. The zero-order chi connectivity index (χ0) is 11.1. The van der Waals surface area contributed by atoms with Crippen LogP contribution in [0.5, 0.6) is 0 Å². The molecule has 0 aliphatic heterocycles. The van der Waals surface area contributed by atoms with Gasteiger partial charge in [-0.1, -0.05) is 0 Å². The SMILES string of the molecule is O=c1cc[nH]c2cc3c(=O)cc[nH]c3cc12. The molecule has 78 valence electrons. The van der Waals surface area contributed by atoms with Crippen molar-refractivity contribution in [2.45, 2.75) is 0 Å². The largest absolute Gasteiger partial charge is 0.361 e. The van der Waals surface area contributed by atoms with E-state index in [4.69, 9.17) is 0 Å². The number of H-pyrrole nitrogens is 2. The first kappa shape index (κ1) is 8.91. The molecule has 0 atom stereocenters. The molecule has 0 aliphatic rings. The minimum Gasteiger partial charge on any atom is -0.361 e. The van der Waals surface area contributed by atoms with E-state index < -0.39 is 0 Å². The Kier molecular flexibility index (Phi) is 1.71. The molecule has 0 amide bonds. The number of benzene rings is 1. The Balaban J connectivity index is 2.65. The van der Waals surface area contributed by atoms with E-state index in [-0.39, 0.29) is 10.9 Å². The highest BCUT2D eigenvalue weighted by Gasteiger charge is 2.03. The van der Waals surface area contributed by atoms with E-state index in [9.17, 15) is 9.59 Å².